The molecular weight excluding hydrogens is 240 g/mol. The summed E-state index contributed by atoms with van der Waals surface area (Å²) in [4.78, 5) is 4.39. The average Bonchev–Trinajstić information content (AvgIpc) is 2.81. The normalized spacial score (nSPS) is 10.7. The molecule has 2 N–H and O–H groups in total. The number of anilines is 1. The highest BCUT2D eigenvalue weighted by Gasteiger charge is 2.05. The van der Waals surface area contributed by atoms with E-state index in [1.54, 1.807) is 6.07 Å². The molecule has 0 unspecified atom stereocenters. The number of fused-ring (bicyclic) bond motifs is 1. The number of hydrogen-bond acceptors (Lipinski definition) is 4. The van der Waals surface area contributed by atoms with Crippen molar-refractivity contribution in [3.63, 3.8) is 0 Å². The smallest absolute Gasteiger partial charge is 0.198 e. The molecule has 3 aromatic rings. The molecule has 0 aliphatic heterocycles. The SMILES string of the molecule is Nc1cccc(OCCc2nc3ccccc3o2)c1. The maximum Gasteiger partial charge on any atom is 0.198 e. The van der Waals surface area contributed by atoms with E-state index in [1.165, 1.54) is 0 Å². The largest absolute Gasteiger partial charge is 0.493 e. The molecule has 0 fully saturated rings. The minimum atomic E-state index is 0.510. The first kappa shape index (κ1) is 11.6. The first-order chi connectivity index (χ1) is 9.31. The van der Waals surface area contributed by atoms with Crippen molar-refractivity contribution in [3.8, 4) is 5.75 Å². The molecule has 0 spiro atoms. The number of hydrogen-bond donors (Lipinski definition) is 1. The maximum atomic E-state index is 5.68. The van der Waals surface area contributed by atoms with Gasteiger partial charge in [0.1, 0.15) is 11.3 Å². The van der Waals surface area contributed by atoms with E-state index in [-0.39, 0.29) is 0 Å². The lowest BCUT2D eigenvalue weighted by Gasteiger charge is -2.04. The Labute approximate surface area is 110 Å². The van der Waals surface area contributed by atoms with Gasteiger partial charge in [-0.2, -0.15) is 0 Å². The number of oxazole rings is 1. The topological polar surface area (TPSA) is 61.3 Å². The number of benzene rings is 2. The van der Waals surface area contributed by atoms with E-state index in [1.807, 2.05) is 42.5 Å². The van der Waals surface area contributed by atoms with E-state index in [0.717, 1.165) is 16.8 Å². The van der Waals surface area contributed by atoms with Crippen LogP contribution in [0.5, 0.6) is 5.75 Å². The Balaban J connectivity index is 1.63. The van der Waals surface area contributed by atoms with Crippen LogP contribution in [0.3, 0.4) is 0 Å². The fourth-order valence-electron chi connectivity index (χ4n) is 1.89. The molecular formula is C15H14N2O2. The standard InChI is InChI=1S/C15H14N2O2/c16-11-4-3-5-12(10-11)18-9-8-15-17-13-6-1-2-7-14(13)19-15/h1-7,10H,8-9,16H2. The summed E-state index contributed by atoms with van der Waals surface area (Å²) >= 11 is 0. The lowest BCUT2D eigenvalue weighted by Crippen LogP contribution is -2.01. The first-order valence-electron chi connectivity index (χ1n) is 6.14. The van der Waals surface area contributed by atoms with Crippen LogP contribution >= 0.6 is 0 Å². The lowest BCUT2D eigenvalue weighted by molar-refractivity contribution is 0.308. The quantitative estimate of drug-likeness (QED) is 0.727. The third-order valence-corrected chi connectivity index (χ3v) is 2.78. The molecule has 4 nitrogen and oxygen atoms in total. The zero-order valence-corrected chi connectivity index (χ0v) is 10.4. The minimum absolute atomic E-state index is 0.510. The van der Waals surface area contributed by atoms with Gasteiger partial charge in [0, 0.05) is 11.8 Å². The summed E-state index contributed by atoms with van der Waals surface area (Å²) < 4.78 is 11.2. The summed E-state index contributed by atoms with van der Waals surface area (Å²) in [6, 6.07) is 15.1. The van der Waals surface area contributed by atoms with Gasteiger partial charge in [0.15, 0.2) is 11.5 Å². The van der Waals surface area contributed by atoms with Crippen molar-refractivity contribution in [1.82, 2.24) is 4.98 Å². The molecule has 0 radical (unpaired) electrons. The zero-order chi connectivity index (χ0) is 13.1. The number of ether oxygens (including phenoxy) is 1. The molecule has 0 amide bonds. The fourth-order valence-corrected chi connectivity index (χ4v) is 1.89. The van der Waals surface area contributed by atoms with Crippen LogP contribution in [-0.4, -0.2) is 11.6 Å². The Bertz CT molecular complexity index is 658. The third kappa shape index (κ3) is 2.68. The van der Waals surface area contributed by atoms with Crippen molar-refractivity contribution in [3.05, 3.63) is 54.4 Å². The predicted octanol–water partition coefficient (Wildman–Crippen LogP) is 3.03. The van der Waals surface area contributed by atoms with E-state index in [9.17, 15) is 0 Å². The monoisotopic (exact) mass is 254 g/mol. The van der Waals surface area contributed by atoms with Crippen LogP contribution in [-0.2, 0) is 6.42 Å². The first-order valence-corrected chi connectivity index (χ1v) is 6.14. The molecule has 0 aliphatic carbocycles. The number of nitrogens with zero attached hydrogens (tertiary/aromatic N) is 1. The second-order valence-electron chi connectivity index (χ2n) is 4.25. The van der Waals surface area contributed by atoms with Gasteiger partial charge in [-0.05, 0) is 24.3 Å². The third-order valence-electron chi connectivity index (χ3n) is 2.78. The van der Waals surface area contributed by atoms with Gasteiger partial charge in [-0.1, -0.05) is 18.2 Å². The molecule has 2 aromatic carbocycles. The van der Waals surface area contributed by atoms with Crippen molar-refractivity contribution in [2.75, 3.05) is 12.3 Å². The summed E-state index contributed by atoms with van der Waals surface area (Å²) in [6.45, 7) is 0.510. The molecule has 19 heavy (non-hydrogen) atoms. The summed E-state index contributed by atoms with van der Waals surface area (Å²) in [6.07, 6.45) is 0.628. The number of para-hydroxylation sites is 2. The van der Waals surface area contributed by atoms with Crippen molar-refractivity contribution in [1.29, 1.82) is 0 Å². The van der Waals surface area contributed by atoms with Crippen LogP contribution in [0.2, 0.25) is 0 Å². The molecule has 4 heteroatoms. The van der Waals surface area contributed by atoms with Gasteiger partial charge in [-0.25, -0.2) is 4.98 Å². The van der Waals surface area contributed by atoms with Crippen LogP contribution in [0.25, 0.3) is 11.1 Å². The molecule has 0 bridgehead atoms. The van der Waals surface area contributed by atoms with Crippen LogP contribution in [0.15, 0.2) is 52.9 Å². The summed E-state index contributed by atoms with van der Waals surface area (Å²) in [7, 11) is 0. The second-order valence-corrected chi connectivity index (χ2v) is 4.25. The second kappa shape index (κ2) is 5.02. The van der Waals surface area contributed by atoms with Gasteiger partial charge in [-0.15, -0.1) is 0 Å². The predicted molar refractivity (Wildman–Crippen MR) is 74.1 cm³/mol. The Kier molecular flexibility index (Phi) is 3.06. The van der Waals surface area contributed by atoms with Crippen LogP contribution < -0.4 is 10.5 Å². The number of rotatable bonds is 4. The highest BCUT2D eigenvalue weighted by Crippen LogP contribution is 2.17. The van der Waals surface area contributed by atoms with E-state index in [2.05, 4.69) is 4.98 Å². The summed E-state index contributed by atoms with van der Waals surface area (Å²) in [5.74, 6) is 1.45. The van der Waals surface area contributed by atoms with Gasteiger partial charge >= 0.3 is 0 Å². The van der Waals surface area contributed by atoms with Crippen molar-refractivity contribution in [2.24, 2.45) is 0 Å². The van der Waals surface area contributed by atoms with Crippen molar-refractivity contribution >= 4 is 16.8 Å². The van der Waals surface area contributed by atoms with E-state index >= 15 is 0 Å². The van der Waals surface area contributed by atoms with Crippen molar-refractivity contribution < 1.29 is 9.15 Å². The van der Waals surface area contributed by atoms with Gasteiger partial charge in [0.2, 0.25) is 0 Å². The van der Waals surface area contributed by atoms with E-state index < -0.39 is 0 Å². The molecule has 96 valence electrons. The highest BCUT2D eigenvalue weighted by molar-refractivity contribution is 5.72. The number of nitrogens with two attached hydrogens (primary N) is 1. The molecule has 1 heterocycles. The molecule has 1 aromatic heterocycles. The molecule has 0 saturated heterocycles. The summed E-state index contributed by atoms with van der Waals surface area (Å²) in [5.41, 5.74) is 8.06. The lowest BCUT2D eigenvalue weighted by atomic mass is 10.3. The maximum absolute atomic E-state index is 5.68. The molecule has 0 atom stereocenters. The van der Waals surface area contributed by atoms with Crippen LogP contribution in [0, 0.1) is 0 Å². The van der Waals surface area contributed by atoms with Crippen LogP contribution in [0.1, 0.15) is 5.89 Å². The zero-order valence-electron chi connectivity index (χ0n) is 10.4. The van der Waals surface area contributed by atoms with E-state index in [0.29, 0.717) is 24.6 Å². The number of aromatic nitrogens is 1. The summed E-state index contributed by atoms with van der Waals surface area (Å²) in [5, 5.41) is 0. The Morgan fingerprint density at radius 1 is 1.11 bits per heavy atom. The Hall–Kier alpha value is -2.49. The molecule has 0 saturated carbocycles. The van der Waals surface area contributed by atoms with Gasteiger partial charge in [0.05, 0.1) is 13.0 Å². The van der Waals surface area contributed by atoms with E-state index in [4.69, 9.17) is 14.9 Å². The molecule has 3 rings (SSSR count). The van der Waals surface area contributed by atoms with Gasteiger partial charge in [-0.3, -0.25) is 0 Å². The highest BCUT2D eigenvalue weighted by atomic mass is 16.5. The van der Waals surface area contributed by atoms with Gasteiger partial charge in [0.25, 0.3) is 0 Å². The number of nitrogen functional groups attached to an aromatic ring is 1. The van der Waals surface area contributed by atoms with Gasteiger partial charge < -0.3 is 14.9 Å². The molecule has 0 aliphatic rings. The Morgan fingerprint density at radius 3 is 2.84 bits per heavy atom. The van der Waals surface area contributed by atoms with Crippen LogP contribution in [0.4, 0.5) is 5.69 Å². The van der Waals surface area contributed by atoms with Crippen molar-refractivity contribution in [2.45, 2.75) is 6.42 Å². The minimum Gasteiger partial charge on any atom is -0.493 e. The average molecular weight is 254 g/mol. The fraction of sp³-hybridized carbons (Fsp3) is 0.133. The Morgan fingerprint density at radius 2 is 2.00 bits per heavy atom.